The van der Waals surface area contributed by atoms with Gasteiger partial charge in [0.05, 0.1) is 18.5 Å². The van der Waals surface area contributed by atoms with E-state index in [9.17, 15) is 9.59 Å². The average molecular weight is 240 g/mol. The Morgan fingerprint density at radius 1 is 1.76 bits per heavy atom. The van der Waals surface area contributed by atoms with Crippen LogP contribution in [0.3, 0.4) is 0 Å². The molecule has 0 bridgehead atoms. The number of aromatic amines is 1. The zero-order chi connectivity index (χ0) is 12.8. The quantitative estimate of drug-likeness (QED) is 0.444. The van der Waals surface area contributed by atoms with Crippen molar-refractivity contribution < 1.29 is 14.7 Å². The molecule has 0 aliphatic rings. The van der Waals surface area contributed by atoms with E-state index in [0.717, 1.165) is 5.69 Å². The summed E-state index contributed by atoms with van der Waals surface area (Å²) in [7, 11) is 0. The lowest BCUT2D eigenvalue weighted by atomic mass is 10.1. The molecule has 1 rings (SSSR count). The molecule has 0 fully saturated rings. The van der Waals surface area contributed by atoms with E-state index in [4.69, 9.17) is 10.8 Å². The van der Waals surface area contributed by atoms with Crippen LogP contribution in [0.15, 0.2) is 12.5 Å². The lowest BCUT2D eigenvalue weighted by molar-refractivity contribution is -0.127. The minimum absolute atomic E-state index is 0.307. The van der Waals surface area contributed by atoms with Gasteiger partial charge in [-0.25, -0.2) is 4.98 Å². The van der Waals surface area contributed by atoms with Crippen molar-refractivity contribution in [1.29, 1.82) is 0 Å². The van der Waals surface area contributed by atoms with Gasteiger partial charge in [0, 0.05) is 18.3 Å². The van der Waals surface area contributed by atoms with E-state index in [0.29, 0.717) is 12.7 Å². The number of nitrogens with zero attached hydrogens (tertiary/aromatic N) is 1. The summed E-state index contributed by atoms with van der Waals surface area (Å²) in [5.41, 5.74) is 6.17. The van der Waals surface area contributed by atoms with Crippen LogP contribution in [0.25, 0.3) is 0 Å². The summed E-state index contributed by atoms with van der Waals surface area (Å²) >= 11 is 0. The van der Waals surface area contributed by atoms with Crippen LogP contribution in [0.4, 0.5) is 0 Å². The highest BCUT2D eigenvalue weighted by Crippen LogP contribution is 1.97. The molecule has 5 N–H and O–H groups in total. The number of carbonyl (C=O) groups excluding carboxylic acids is 2. The highest BCUT2D eigenvalue weighted by Gasteiger charge is 2.21. The molecular weight excluding hydrogens is 224 g/mol. The number of hydrogen-bond donors (Lipinski definition) is 4. The third-order valence-corrected chi connectivity index (χ3v) is 2.31. The van der Waals surface area contributed by atoms with Crippen LogP contribution in [0.1, 0.15) is 12.6 Å². The van der Waals surface area contributed by atoms with Crippen LogP contribution in [0.2, 0.25) is 0 Å². The number of hydrogen-bond acceptors (Lipinski definition) is 5. The van der Waals surface area contributed by atoms with Gasteiger partial charge in [-0.15, -0.1) is 0 Å². The molecule has 1 heterocycles. The Morgan fingerprint density at radius 3 is 2.94 bits per heavy atom. The Balaban J connectivity index is 2.52. The van der Waals surface area contributed by atoms with Gasteiger partial charge in [0.25, 0.3) is 0 Å². The van der Waals surface area contributed by atoms with Crippen molar-refractivity contribution in [3.8, 4) is 0 Å². The van der Waals surface area contributed by atoms with Crippen LogP contribution < -0.4 is 11.1 Å². The third kappa shape index (κ3) is 3.97. The van der Waals surface area contributed by atoms with E-state index in [-0.39, 0.29) is 0 Å². The molecule has 0 aromatic carbocycles. The number of rotatable bonds is 6. The number of nitrogens with one attached hydrogen (secondary N) is 2. The molecule has 1 aromatic heterocycles. The predicted octanol–water partition coefficient (Wildman–Crippen LogP) is -1.66. The van der Waals surface area contributed by atoms with Gasteiger partial charge in [0.2, 0.25) is 5.91 Å². The van der Waals surface area contributed by atoms with E-state index in [1.54, 1.807) is 6.20 Å². The molecule has 0 aliphatic heterocycles. The van der Waals surface area contributed by atoms with E-state index >= 15 is 0 Å². The fourth-order valence-corrected chi connectivity index (χ4v) is 1.26. The predicted molar refractivity (Wildman–Crippen MR) is 59.9 cm³/mol. The average Bonchev–Trinajstić information content (AvgIpc) is 2.79. The number of carbonyl (C=O) groups is 2. The smallest absolute Gasteiger partial charge is 0.240 e. The first-order valence-corrected chi connectivity index (χ1v) is 5.21. The van der Waals surface area contributed by atoms with E-state index in [2.05, 4.69) is 15.3 Å². The summed E-state index contributed by atoms with van der Waals surface area (Å²) in [4.78, 5) is 28.9. The van der Waals surface area contributed by atoms with Gasteiger partial charge >= 0.3 is 0 Å². The van der Waals surface area contributed by atoms with Crippen LogP contribution in [0.5, 0.6) is 0 Å². The SMILES string of the molecule is C[C@@H](O)[C@H](N)C(=O)N[C@H](C=O)Cc1cnc[nH]1. The minimum Gasteiger partial charge on any atom is -0.391 e. The monoisotopic (exact) mass is 240 g/mol. The van der Waals surface area contributed by atoms with E-state index in [1.165, 1.54) is 13.3 Å². The van der Waals surface area contributed by atoms with Gasteiger partial charge in [-0.2, -0.15) is 0 Å². The number of imidazole rings is 1. The topological polar surface area (TPSA) is 121 Å². The molecule has 0 saturated heterocycles. The van der Waals surface area contributed by atoms with E-state index < -0.39 is 24.1 Å². The molecule has 0 aliphatic carbocycles. The summed E-state index contributed by atoms with van der Waals surface area (Å²) < 4.78 is 0. The van der Waals surface area contributed by atoms with Crippen LogP contribution in [-0.4, -0.2) is 45.5 Å². The van der Waals surface area contributed by atoms with Gasteiger partial charge in [0.1, 0.15) is 12.3 Å². The molecule has 0 unspecified atom stereocenters. The van der Waals surface area contributed by atoms with Crippen LogP contribution >= 0.6 is 0 Å². The third-order valence-electron chi connectivity index (χ3n) is 2.31. The van der Waals surface area contributed by atoms with Gasteiger partial charge in [-0.3, -0.25) is 4.79 Å². The number of aldehydes is 1. The Kier molecular flexibility index (Phi) is 4.80. The summed E-state index contributed by atoms with van der Waals surface area (Å²) in [5, 5.41) is 11.6. The Bertz CT molecular complexity index is 364. The molecule has 0 radical (unpaired) electrons. The standard InChI is InChI=1S/C10H16N4O3/c1-6(16)9(11)10(17)14-8(4-15)2-7-3-12-5-13-7/h3-6,8-9,16H,2,11H2,1H3,(H,12,13)(H,14,17)/t6-,8+,9+/m1/s1. The highest BCUT2D eigenvalue weighted by molar-refractivity contribution is 5.84. The molecule has 0 spiro atoms. The maximum Gasteiger partial charge on any atom is 0.240 e. The number of H-pyrrole nitrogens is 1. The molecular formula is C10H16N4O3. The summed E-state index contributed by atoms with van der Waals surface area (Å²) in [6.07, 6.45) is 3.02. The zero-order valence-electron chi connectivity index (χ0n) is 9.46. The lowest BCUT2D eigenvalue weighted by Crippen LogP contribution is -2.51. The van der Waals surface area contributed by atoms with Crippen LogP contribution in [-0.2, 0) is 16.0 Å². The molecule has 1 aromatic rings. The summed E-state index contributed by atoms with van der Waals surface area (Å²) in [5.74, 6) is -0.559. The Morgan fingerprint density at radius 2 is 2.47 bits per heavy atom. The molecule has 94 valence electrons. The summed E-state index contributed by atoms with van der Waals surface area (Å²) in [6, 6.07) is -1.73. The van der Waals surface area contributed by atoms with Crippen molar-refractivity contribution in [3.63, 3.8) is 0 Å². The van der Waals surface area contributed by atoms with Crippen molar-refractivity contribution in [1.82, 2.24) is 15.3 Å². The van der Waals surface area contributed by atoms with E-state index in [1.807, 2.05) is 0 Å². The van der Waals surface area contributed by atoms with Crippen LogP contribution in [0, 0.1) is 0 Å². The highest BCUT2D eigenvalue weighted by atomic mass is 16.3. The zero-order valence-corrected chi connectivity index (χ0v) is 9.46. The van der Waals surface area contributed by atoms with Crippen molar-refractivity contribution in [2.75, 3.05) is 0 Å². The first-order chi connectivity index (χ1) is 8.04. The van der Waals surface area contributed by atoms with Crippen molar-refractivity contribution in [2.24, 2.45) is 5.73 Å². The molecule has 1 amide bonds. The fraction of sp³-hybridized carbons (Fsp3) is 0.500. The fourth-order valence-electron chi connectivity index (χ4n) is 1.26. The summed E-state index contributed by atoms with van der Waals surface area (Å²) in [6.45, 7) is 1.41. The number of aliphatic hydroxyl groups excluding tert-OH is 1. The second kappa shape index (κ2) is 6.12. The van der Waals surface area contributed by atoms with Crippen molar-refractivity contribution >= 4 is 12.2 Å². The Labute approximate surface area is 98.4 Å². The molecule has 7 heteroatoms. The molecule has 3 atom stereocenters. The van der Waals surface area contributed by atoms with Crippen molar-refractivity contribution in [3.05, 3.63) is 18.2 Å². The maximum atomic E-state index is 11.5. The maximum absolute atomic E-state index is 11.5. The number of aromatic nitrogens is 2. The second-order valence-corrected chi connectivity index (χ2v) is 3.80. The van der Waals surface area contributed by atoms with Gasteiger partial charge < -0.3 is 25.9 Å². The molecule has 0 saturated carbocycles. The van der Waals surface area contributed by atoms with Gasteiger partial charge in [0.15, 0.2) is 0 Å². The number of amides is 1. The molecule has 7 nitrogen and oxygen atoms in total. The Hall–Kier alpha value is -1.73. The first kappa shape index (κ1) is 13.3. The minimum atomic E-state index is -1.04. The van der Waals surface area contributed by atoms with Crippen molar-refractivity contribution in [2.45, 2.75) is 31.5 Å². The second-order valence-electron chi connectivity index (χ2n) is 3.80. The first-order valence-electron chi connectivity index (χ1n) is 5.21. The molecule has 17 heavy (non-hydrogen) atoms. The van der Waals surface area contributed by atoms with Gasteiger partial charge in [-0.1, -0.05) is 0 Å². The normalized spacial score (nSPS) is 15.9. The number of nitrogens with two attached hydrogens (primary N) is 1. The largest absolute Gasteiger partial charge is 0.391 e. The number of aliphatic hydroxyl groups is 1. The lowest BCUT2D eigenvalue weighted by Gasteiger charge is -2.17. The van der Waals surface area contributed by atoms with Gasteiger partial charge in [-0.05, 0) is 6.92 Å².